The van der Waals surface area contributed by atoms with Crippen molar-refractivity contribution in [1.29, 1.82) is 0 Å². The summed E-state index contributed by atoms with van der Waals surface area (Å²) in [6, 6.07) is 11.8. The molecule has 0 aliphatic carbocycles. The Kier molecular flexibility index (Phi) is 6.35. The SMILES string of the molecule is CC1(C(=O)N2CCC[C@@H](Cc3ccccn3)C2)CCN(C(=O)c2cccc(F)c2)CC1. The second-order valence-electron chi connectivity index (χ2n) is 9.15. The molecule has 0 bridgehead atoms. The van der Waals surface area contributed by atoms with Gasteiger partial charge in [-0.1, -0.05) is 19.1 Å². The van der Waals surface area contributed by atoms with Crippen molar-refractivity contribution in [2.24, 2.45) is 11.3 Å². The number of likely N-dealkylation sites (tertiary alicyclic amines) is 2. The first-order chi connectivity index (χ1) is 14.9. The summed E-state index contributed by atoms with van der Waals surface area (Å²) in [5.74, 6) is 0.0672. The predicted molar refractivity (Wildman–Crippen MR) is 117 cm³/mol. The monoisotopic (exact) mass is 423 g/mol. The van der Waals surface area contributed by atoms with E-state index in [4.69, 9.17) is 0 Å². The number of amides is 2. The van der Waals surface area contributed by atoms with E-state index in [1.165, 1.54) is 12.1 Å². The van der Waals surface area contributed by atoms with E-state index in [-0.39, 0.29) is 11.8 Å². The predicted octanol–water partition coefficient (Wildman–Crippen LogP) is 3.94. The zero-order chi connectivity index (χ0) is 21.8. The minimum absolute atomic E-state index is 0.164. The van der Waals surface area contributed by atoms with Crippen LogP contribution < -0.4 is 0 Å². The van der Waals surface area contributed by atoms with Crippen LogP contribution in [0.3, 0.4) is 0 Å². The van der Waals surface area contributed by atoms with E-state index >= 15 is 0 Å². The molecule has 0 unspecified atom stereocenters. The Morgan fingerprint density at radius 2 is 1.90 bits per heavy atom. The highest BCUT2D eigenvalue weighted by Gasteiger charge is 2.41. The van der Waals surface area contributed by atoms with Crippen LogP contribution >= 0.6 is 0 Å². The second-order valence-corrected chi connectivity index (χ2v) is 9.15. The van der Waals surface area contributed by atoms with Crippen LogP contribution in [0.2, 0.25) is 0 Å². The largest absolute Gasteiger partial charge is 0.342 e. The quantitative estimate of drug-likeness (QED) is 0.748. The third-order valence-corrected chi connectivity index (χ3v) is 6.77. The van der Waals surface area contributed by atoms with Crippen molar-refractivity contribution in [2.45, 2.75) is 39.0 Å². The molecular weight excluding hydrogens is 393 g/mol. The fourth-order valence-corrected chi connectivity index (χ4v) is 4.83. The summed E-state index contributed by atoms with van der Waals surface area (Å²) in [5.41, 5.74) is 0.992. The first-order valence-corrected chi connectivity index (χ1v) is 11.2. The first-order valence-electron chi connectivity index (χ1n) is 11.2. The molecule has 31 heavy (non-hydrogen) atoms. The minimum Gasteiger partial charge on any atom is -0.342 e. The number of hydrogen-bond acceptors (Lipinski definition) is 3. The van der Waals surface area contributed by atoms with Gasteiger partial charge in [-0.2, -0.15) is 0 Å². The van der Waals surface area contributed by atoms with Gasteiger partial charge in [0.1, 0.15) is 5.82 Å². The van der Waals surface area contributed by atoms with Gasteiger partial charge in [0, 0.05) is 49.0 Å². The zero-order valence-electron chi connectivity index (χ0n) is 18.1. The van der Waals surface area contributed by atoms with Crippen LogP contribution in [0.1, 0.15) is 48.7 Å². The number of aromatic nitrogens is 1. The number of carbonyl (C=O) groups excluding carboxylic acids is 2. The lowest BCUT2D eigenvalue weighted by Crippen LogP contribution is -2.52. The highest BCUT2D eigenvalue weighted by molar-refractivity contribution is 5.94. The molecule has 1 atom stereocenters. The lowest BCUT2D eigenvalue weighted by Gasteiger charge is -2.43. The van der Waals surface area contributed by atoms with E-state index in [1.807, 2.05) is 36.2 Å². The fourth-order valence-electron chi connectivity index (χ4n) is 4.83. The number of piperidine rings is 2. The van der Waals surface area contributed by atoms with Gasteiger partial charge in [0.05, 0.1) is 0 Å². The minimum atomic E-state index is -0.453. The summed E-state index contributed by atoms with van der Waals surface area (Å²) in [4.78, 5) is 34.3. The highest BCUT2D eigenvalue weighted by Crippen LogP contribution is 2.35. The number of benzene rings is 1. The summed E-state index contributed by atoms with van der Waals surface area (Å²) in [6.07, 6.45) is 6.12. The fraction of sp³-hybridized carbons (Fsp3) is 0.480. The summed E-state index contributed by atoms with van der Waals surface area (Å²) in [6.45, 7) is 4.64. The molecule has 4 rings (SSSR count). The topological polar surface area (TPSA) is 53.5 Å². The number of nitrogens with zero attached hydrogens (tertiary/aromatic N) is 3. The molecule has 1 aromatic heterocycles. The van der Waals surface area contributed by atoms with Gasteiger partial charge < -0.3 is 9.80 Å². The smallest absolute Gasteiger partial charge is 0.253 e. The van der Waals surface area contributed by atoms with Gasteiger partial charge in [-0.25, -0.2) is 4.39 Å². The van der Waals surface area contributed by atoms with Gasteiger partial charge >= 0.3 is 0 Å². The molecule has 3 heterocycles. The maximum Gasteiger partial charge on any atom is 0.253 e. The van der Waals surface area contributed by atoms with Gasteiger partial charge in [0.25, 0.3) is 5.91 Å². The maximum atomic E-state index is 13.5. The van der Waals surface area contributed by atoms with Crippen LogP contribution in [0.25, 0.3) is 0 Å². The molecule has 1 aromatic carbocycles. The van der Waals surface area contributed by atoms with Crippen molar-refractivity contribution in [2.75, 3.05) is 26.2 Å². The molecule has 2 aromatic rings. The molecule has 6 heteroatoms. The van der Waals surface area contributed by atoms with Gasteiger partial charge in [-0.3, -0.25) is 14.6 Å². The molecule has 0 radical (unpaired) electrons. The number of halogens is 1. The van der Waals surface area contributed by atoms with E-state index in [2.05, 4.69) is 4.98 Å². The number of carbonyl (C=O) groups is 2. The molecule has 0 spiro atoms. The van der Waals surface area contributed by atoms with Crippen molar-refractivity contribution in [3.63, 3.8) is 0 Å². The normalized spacial score (nSPS) is 21.0. The molecule has 2 saturated heterocycles. The molecular formula is C25H30FN3O2. The third kappa shape index (κ3) is 4.94. The molecule has 0 N–H and O–H groups in total. The van der Waals surface area contributed by atoms with Crippen molar-refractivity contribution < 1.29 is 14.0 Å². The van der Waals surface area contributed by atoms with E-state index in [0.717, 1.165) is 38.0 Å². The molecule has 0 saturated carbocycles. The van der Waals surface area contributed by atoms with Crippen LogP contribution in [-0.4, -0.2) is 52.8 Å². The lowest BCUT2D eigenvalue weighted by molar-refractivity contribution is -0.145. The molecule has 2 aliphatic rings. The van der Waals surface area contributed by atoms with E-state index in [9.17, 15) is 14.0 Å². The zero-order valence-corrected chi connectivity index (χ0v) is 18.1. The van der Waals surface area contributed by atoms with Crippen LogP contribution in [0.5, 0.6) is 0 Å². The average molecular weight is 424 g/mol. The lowest BCUT2D eigenvalue weighted by atomic mass is 9.78. The van der Waals surface area contributed by atoms with E-state index in [0.29, 0.717) is 37.4 Å². The molecule has 5 nitrogen and oxygen atoms in total. The maximum absolute atomic E-state index is 13.5. The average Bonchev–Trinajstić information content (AvgIpc) is 2.79. The molecule has 2 amide bonds. The number of pyridine rings is 1. The van der Waals surface area contributed by atoms with Gasteiger partial charge in [-0.15, -0.1) is 0 Å². The molecule has 2 aliphatic heterocycles. The van der Waals surface area contributed by atoms with Crippen molar-refractivity contribution in [3.8, 4) is 0 Å². The Hall–Kier alpha value is -2.76. The Labute approximate surface area is 183 Å². The van der Waals surface area contributed by atoms with Crippen LogP contribution in [0.4, 0.5) is 4.39 Å². The third-order valence-electron chi connectivity index (χ3n) is 6.77. The van der Waals surface area contributed by atoms with Crippen molar-refractivity contribution in [3.05, 3.63) is 65.7 Å². The van der Waals surface area contributed by atoms with Gasteiger partial charge in [0.2, 0.25) is 5.91 Å². The van der Waals surface area contributed by atoms with Crippen molar-refractivity contribution in [1.82, 2.24) is 14.8 Å². The summed E-state index contributed by atoms with van der Waals surface area (Å²) in [5, 5.41) is 0. The molecule has 2 fully saturated rings. The first kappa shape index (κ1) is 21.5. The van der Waals surface area contributed by atoms with Gasteiger partial charge in [0.15, 0.2) is 0 Å². The number of hydrogen-bond donors (Lipinski definition) is 0. The Bertz CT molecular complexity index is 925. The Morgan fingerprint density at radius 1 is 1.10 bits per heavy atom. The number of rotatable bonds is 4. The summed E-state index contributed by atoms with van der Waals surface area (Å²) in [7, 11) is 0. The summed E-state index contributed by atoms with van der Waals surface area (Å²) >= 11 is 0. The van der Waals surface area contributed by atoms with E-state index in [1.54, 1.807) is 17.0 Å². The van der Waals surface area contributed by atoms with Crippen LogP contribution in [0, 0.1) is 17.2 Å². The van der Waals surface area contributed by atoms with E-state index < -0.39 is 11.2 Å². The van der Waals surface area contributed by atoms with Crippen LogP contribution in [0.15, 0.2) is 48.7 Å². The van der Waals surface area contributed by atoms with Gasteiger partial charge in [-0.05, 0) is 68.4 Å². The second kappa shape index (κ2) is 9.16. The Morgan fingerprint density at radius 3 is 2.61 bits per heavy atom. The standard InChI is InChI=1S/C25H30FN3O2/c1-25(10-14-28(15-11-25)23(30)20-7-4-8-21(26)17-20)24(31)29-13-5-6-19(18-29)16-22-9-2-3-12-27-22/h2-4,7-9,12,17,19H,5-6,10-11,13-16,18H2,1H3/t19-/m0/s1. The molecule has 164 valence electrons. The van der Waals surface area contributed by atoms with Crippen LogP contribution in [-0.2, 0) is 11.2 Å². The Balaban J connectivity index is 1.35. The highest BCUT2D eigenvalue weighted by atomic mass is 19.1. The summed E-state index contributed by atoms with van der Waals surface area (Å²) < 4.78 is 13.5. The van der Waals surface area contributed by atoms with Crippen molar-refractivity contribution >= 4 is 11.8 Å².